The van der Waals surface area contributed by atoms with E-state index in [1.165, 1.54) is 4.88 Å². The highest BCUT2D eigenvalue weighted by Crippen LogP contribution is 2.20. The summed E-state index contributed by atoms with van der Waals surface area (Å²) in [4.78, 5) is 5.65. The summed E-state index contributed by atoms with van der Waals surface area (Å²) in [5, 5.41) is 4.27. The Hall–Kier alpha value is -0.610. The zero-order valence-corrected chi connectivity index (χ0v) is 9.24. The SMILES string of the molecule is Cc1nc(NCCC(C)N)sc1C. The highest BCUT2D eigenvalue weighted by atomic mass is 32.1. The van der Waals surface area contributed by atoms with E-state index in [1.807, 2.05) is 13.8 Å². The number of hydrogen-bond acceptors (Lipinski definition) is 4. The van der Waals surface area contributed by atoms with Gasteiger partial charge < -0.3 is 11.1 Å². The van der Waals surface area contributed by atoms with Crippen molar-refractivity contribution in [1.29, 1.82) is 0 Å². The van der Waals surface area contributed by atoms with Crippen LogP contribution in [-0.2, 0) is 0 Å². The Morgan fingerprint density at radius 2 is 2.23 bits per heavy atom. The number of thiazole rings is 1. The van der Waals surface area contributed by atoms with Gasteiger partial charge >= 0.3 is 0 Å². The minimum atomic E-state index is 0.259. The number of aromatic nitrogens is 1. The van der Waals surface area contributed by atoms with Crippen LogP contribution in [0.4, 0.5) is 5.13 Å². The zero-order chi connectivity index (χ0) is 9.84. The smallest absolute Gasteiger partial charge is 0.183 e. The Morgan fingerprint density at radius 3 is 2.69 bits per heavy atom. The average molecular weight is 199 g/mol. The molecule has 1 atom stereocenters. The first-order valence-electron chi connectivity index (χ1n) is 4.53. The van der Waals surface area contributed by atoms with Crippen LogP contribution in [0.15, 0.2) is 0 Å². The van der Waals surface area contributed by atoms with E-state index < -0.39 is 0 Å². The normalized spacial score (nSPS) is 12.9. The molecule has 74 valence electrons. The van der Waals surface area contributed by atoms with Crippen molar-refractivity contribution in [2.75, 3.05) is 11.9 Å². The third kappa shape index (κ3) is 3.32. The van der Waals surface area contributed by atoms with Gasteiger partial charge in [0.25, 0.3) is 0 Å². The zero-order valence-electron chi connectivity index (χ0n) is 8.42. The third-order valence-electron chi connectivity index (χ3n) is 1.90. The standard InChI is InChI=1S/C9H17N3S/c1-6(10)4-5-11-9-12-7(2)8(3)13-9/h6H,4-5,10H2,1-3H3,(H,11,12). The van der Waals surface area contributed by atoms with Crippen molar-refractivity contribution in [1.82, 2.24) is 4.98 Å². The maximum Gasteiger partial charge on any atom is 0.183 e. The first-order valence-corrected chi connectivity index (χ1v) is 5.34. The summed E-state index contributed by atoms with van der Waals surface area (Å²) in [7, 11) is 0. The van der Waals surface area contributed by atoms with Gasteiger partial charge in [0.15, 0.2) is 5.13 Å². The molecule has 0 bridgehead atoms. The molecular weight excluding hydrogens is 182 g/mol. The molecule has 3 N–H and O–H groups in total. The molecule has 0 amide bonds. The summed E-state index contributed by atoms with van der Waals surface area (Å²) in [5.74, 6) is 0. The number of anilines is 1. The first-order chi connectivity index (χ1) is 6.09. The van der Waals surface area contributed by atoms with E-state index in [1.54, 1.807) is 11.3 Å². The highest BCUT2D eigenvalue weighted by molar-refractivity contribution is 7.15. The van der Waals surface area contributed by atoms with E-state index in [4.69, 9.17) is 5.73 Å². The van der Waals surface area contributed by atoms with Gasteiger partial charge in [-0.05, 0) is 27.2 Å². The molecule has 0 saturated carbocycles. The highest BCUT2D eigenvalue weighted by Gasteiger charge is 2.02. The average Bonchev–Trinajstić information content (AvgIpc) is 2.30. The fraction of sp³-hybridized carbons (Fsp3) is 0.667. The molecule has 1 rings (SSSR count). The predicted molar refractivity (Wildman–Crippen MR) is 58.3 cm³/mol. The summed E-state index contributed by atoms with van der Waals surface area (Å²) < 4.78 is 0. The number of nitrogens with zero attached hydrogens (tertiary/aromatic N) is 1. The van der Waals surface area contributed by atoms with Crippen LogP contribution in [0.2, 0.25) is 0 Å². The fourth-order valence-electron chi connectivity index (χ4n) is 0.955. The molecule has 0 spiro atoms. The Kier molecular flexibility index (Phi) is 3.69. The molecule has 1 aromatic rings. The van der Waals surface area contributed by atoms with Crippen LogP contribution >= 0.6 is 11.3 Å². The molecule has 13 heavy (non-hydrogen) atoms. The summed E-state index contributed by atoms with van der Waals surface area (Å²) in [5.41, 5.74) is 6.75. The number of hydrogen-bond donors (Lipinski definition) is 2. The molecule has 0 radical (unpaired) electrons. The second-order valence-corrected chi connectivity index (χ2v) is 4.56. The van der Waals surface area contributed by atoms with Crippen molar-refractivity contribution in [3.05, 3.63) is 10.6 Å². The van der Waals surface area contributed by atoms with Gasteiger partial charge in [-0.15, -0.1) is 11.3 Å². The molecule has 1 aromatic heterocycles. The van der Waals surface area contributed by atoms with E-state index >= 15 is 0 Å². The second-order valence-electron chi connectivity index (χ2n) is 3.35. The van der Waals surface area contributed by atoms with Gasteiger partial charge in [-0.25, -0.2) is 4.98 Å². The van der Waals surface area contributed by atoms with Crippen LogP contribution in [-0.4, -0.2) is 17.6 Å². The number of nitrogens with one attached hydrogen (secondary N) is 1. The fourth-order valence-corrected chi connectivity index (χ4v) is 1.80. The van der Waals surface area contributed by atoms with E-state index in [9.17, 15) is 0 Å². The number of nitrogens with two attached hydrogens (primary N) is 1. The van der Waals surface area contributed by atoms with E-state index in [2.05, 4.69) is 17.2 Å². The Morgan fingerprint density at radius 1 is 1.54 bits per heavy atom. The summed E-state index contributed by atoms with van der Waals surface area (Å²) >= 11 is 1.70. The summed E-state index contributed by atoms with van der Waals surface area (Å²) in [6, 6.07) is 0.259. The molecule has 1 unspecified atom stereocenters. The Balaban J connectivity index is 2.37. The molecule has 1 heterocycles. The molecule has 0 aliphatic carbocycles. The Labute approximate surface area is 83.4 Å². The lowest BCUT2D eigenvalue weighted by Crippen LogP contribution is -2.19. The lowest BCUT2D eigenvalue weighted by Gasteiger charge is -2.04. The predicted octanol–water partition coefficient (Wildman–Crippen LogP) is 1.91. The van der Waals surface area contributed by atoms with Gasteiger partial charge in [0.1, 0.15) is 0 Å². The minimum absolute atomic E-state index is 0.259. The molecule has 0 aliphatic rings. The van der Waals surface area contributed by atoms with Crippen molar-refractivity contribution in [3.63, 3.8) is 0 Å². The molecular formula is C9H17N3S. The van der Waals surface area contributed by atoms with Crippen LogP contribution in [0.3, 0.4) is 0 Å². The van der Waals surface area contributed by atoms with Gasteiger partial charge in [-0.1, -0.05) is 0 Å². The molecule has 0 aromatic carbocycles. The molecule has 0 saturated heterocycles. The van der Waals surface area contributed by atoms with Gasteiger partial charge in [0, 0.05) is 17.5 Å². The third-order valence-corrected chi connectivity index (χ3v) is 2.94. The summed E-state index contributed by atoms with van der Waals surface area (Å²) in [6.07, 6.45) is 0.984. The van der Waals surface area contributed by atoms with Crippen LogP contribution in [0.25, 0.3) is 0 Å². The van der Waals surface area contributed by atoms with Crippen molar-refractivity contribution < 1.29 is 0 Å². The lowest BCUT2D eigenvalue weighted by atomic mass is 10.2. The topological polar surface area (TPSA) is 50.9 Å². The largest absolute Gasteiger partial charge is 0.361 e. The summed E-state index contributed by atoms with van der Waals surface area (Å²) in [6.45, 7) is 7.04. The molecule has 4 heteroatoms. The van der Waals surface area contributed by atoms with Crippen molar-refractivity contribution >= 4 is 16.5 Å². The van der Waals surface area contributed by atoms with Gasteiger partial charge in [0.05, 0.1) is 5.69 Å². The number of aryl methyl sites for hydroxylation is 2. The maximum absolute atomic E-state index is 5.63. The molecule has 0 fully saturated rings. The van der Waals surface area contributed by atoms with E-state index in [0.29, 0.717) is 0 Å². The lowest BCUT2D eigenvalue weighted by molar-refractivity contribution is 0.690. The van der Waals surface area contributed by atoms with Crippen LogP contribution < -0.4 is 11.1 Å². The maximum atomic E-state index is 5.63. The van der Waals surface area contributed by atoms with Crippen LogP contribution in [0.5, 0.6) is 0 Å². The van der Waals surface area contributed by atoms with E-state index in [-0.39, 0.29) is 6.04 Å². The van der Waals surface area contributed by atoms with Crippen molar-refractivity contribution in [3.8, 4) is 0 Å². The van der Waals surface area contributed by atoms with Crippen LogP contribution in [0, 0.1) is 13.8 Å². The van der Waals surface area contributed by atoms with Gasteiger partial charge in [-0.3, -0.25) is 0 Å². The van der Waals surface area contributed by atoms with Crippen molar-refractivity contribution in [2.45, 2.75) is 33.2 Å². The van der Waals surface area contributed by atoms with Crippen LogP contribution in [0.1, 0.15) is 23.9 Å². The first kappa shape index (κ1) is 10.5. The van der Waals surface area contributed by atoms with E-state index in [0.717, 1.165) is 23.8 Å². The molecule has 0 aliphatic heterocycles. The minimum Gasteiger partial charge on any atom is -0.361 e. The Bertz CT molecular complexity index is 248. The number of rotatable bonds is 4. The molecule has 3 nitrogen and oxygen atoms in total. The second kappa shape index (κ2) is 4.58. The van der Waals surface area contributed by atoms with Gasteiger partial charge in [0.2, 0.25) is 0 Å². The van der Waals surface area contributed by atoms with Gasteiger partial charge in [-0.2, -0.15) is 0 Å². The quantitative estimate of drug-likeness (QED) is 0.779. The van der Waals surface area contributed by atoms with Crippen molar-refractivity contribution in [2.24, 2.45) is 5.73 Å². The monoisotopic (exact) mass is 199 g/mol.